The van der Waals surface area contributed by atoms with Crippen molar-refractivity contribution in [3.05, 3.63) is 22.0 Å². The predicted molar refractivity (Wildman–Crippen MR) is 154 cm³/mol. The van der Waals surface area contributed by atoms with Gasteiger partial charge >= 0.3 is 0 Å². The van der Waals surface area contributed by atoms with Crippen LogP contribution in [0.1, 0.15) is 59.8 Å². The zero-order valence-electron chi connectivity index (χ0n) is 23.7. The highest BCUT2D eigenvalue weighted by Gasteiger charge is 2.41. The number of hydrogen-bond acceptors (Lipinski definition) is 8. The standard InChI is InChI=1S/C29H42N2O6S2/c1-28(2,18-30-24(32)16-22-20(26(30)34)6-14-38-22)8-12-36-10-5-11-37-13-9-29(3,4)19-31-25(33)17-23-21(27(31)35)7-15-39-23/h16-17,20-21H,5-15,18-19H2,1-4H3. The maximum Gasteiger partial charge on any atom is 0.254 e. The van der Waals surface area contributed by atoms with Crippen LogP contribution in [0.5, 0.6) is 0 Å². The summed E-state index contributed by atoms with van der Waals surface area (Å²) in [4.78, 5) is 55.3. The van der Waals surface area contributed by atoms with Crippen molar-refractivity contribution in [3.63, 3.8) is 0 Å². The minimum Gasteiger partial charge on any atom is -0.381 e. The Bertz CT molecular complexity index is 957. The lowest BCUT2D eigenvalue weighted by molar-refractivity contribution is -0.148. The molecule has 4 heterocycles. The van der Waals surface area contributed by atoms with Crippen molar-refractivity contribution in [2.24, 2.45) is 22.7 Å². The first-order valence-electron chi connectivity index (χ1n) is 14.0. The van der Waals surface area contributed by atoms with Crippen molar-refractivity contribution >= 4 is 47.2 Å². The van der Waals surface area contributed by atoms with Gasteiger partial charge in [-0.1, -0.05) is 27.7 Å². The summed E-state index contributed by atoms with van der Waals surface area (Å²) in [5.41, 5.74) is -0.453. The summed E-state index contributed by atoms with van der Waals surface area (Å²) in [5.74, 6) is 1.07. The summed E-state index contributed by atoms with van der Waals surface area (Å²) >= 11 is 3.25. The van der Waals surface area contributed by atoms with Crippen molar-refractivity contribution in [2.75, 3.05) is 51.0 Å². The van der Waals surface area contributed by atoms with Crippen LogP contribution >= 0.6 is 23.5 Å². The third-order valence-corrected chi connectivity index (χ3v) is 10.2. The van der Waals surface area contributed by atoms with Crippen molar-refractivity contribution in [3.8, 4) is 0 Å². The summed E-state index contributed by atoms with van der Waals surface area (Å²) in [5, 5.41) is 0. The molecule has 2 unspecified atom stereocenters. The SMILES string of the molecule is CC(C)(CCOCCCOCCC(C)(C)CN1C(=O)C=C2SCCC2C1=O)CN1C(=O)C=C2SCCC2C1=O. The largest absolute Gasteiger partial charge is 0.381 e. The van der Waals surface area contributed by atoms with Crippen LogP contribution in [0, 0.1) is 22.7 Å². The van der Waals surface area contributed by atoms with Crippen molar-refractivity contribution in [2.45, 2.75) is 59.8 Å². The van der Waals surface area contributed by atoms with E-state index >= 15 is 0 Å². The molecule has 39 heavy (non-hydrogen) atoms. The fourth-order valence-electron chi connectivity index (χ4n) is 5.33. The molecule has 0 aromatic carbocycles. The van der Waals surface area contributed by atoms with Crippen LogP contribution in [0.25, 0.3) is 0 Å². The Morgan fingerprint density at radius 2 is 1.13 bits per heavy atom. The maximum atomic E-state index is 12.8. The fourth-order valence-corrected chi connectivity index (χ4v) is 7.72. The average Bonchev–Trinajstić information content (AvgIpc) is 3.53. The molecule has 0 saturated carbocycles. The molecular weight excluding hydrogens is 536 g/mol. The number of imide groups is 2. The van der Waals surface area contributed by atoms with Crippen LogP contribution in [-0.4, -0.2) is 84.5 Å². The smallest absolute Gasteiger partial charge is 0.254 e. The Kier molecular flexibility index (Phi) is 10.0. The van der Waals surface area contributed by atoms with Gasteiger partial charge in [-0.15, -0.1) is 23.5 Å². The monoisotopic (exact) mass is 578 g/mol. The van der Waals surface area contributed by atoms with E-state index < -0.39 is 0 Å². The summed E-state index contributed by atoms with van der Waals surface area (Å²) in [7, 11) is 0. The number of carbonyl (C=O) groups excluding carboxylic acids is 4. The van der Waals surface area contributed by atoms with E-state index in [1.54, 1.807) is 35.7 Å². The Hall–Kier alpha value is -1.62. The van der Waals surface area contributed by atoms with E-state index in [0.717, 1.165) is 53.4 Å². The Morgan fingerprint density at radius 1 is 0.718 bits per heavy atom. The number of carbonyl (C=O) groups is 4. The Balaban J connectivity index is 1.07. The first kappa shape index (κ1) is 30.3. The number of rotatable bonds is 14. The van der Waals surface area contributed by atoms with Gasteiger partial charge in [0.2, 0.25) is 11.8 Å². The van der Waals surface area contributed by atoms with Gasteiger partial charge in [0, 0.05) is 61.5 Å². The summed E-state index contributed by atoms with van der Waals surface area (Å²) in [6.45, 7) is 11.4. The summed E-state index contributed by atoms with van der Waals surface area (Å²) in [6.07, 6.45) is 7.19. The molecule has 4 aliphatic rings. The Morgan fingerprint density at radius 3 is 1.54 bits per heavy atom. The second kappa shape index (κ2) is 12.9. The molecule has 4 aliphatic heterocycles. The number of thioether (sulfide) groups is 2. The van der Waals surface area contributed by atoms with E-state index in [1.165, 1.54) is 9.80 Å². The minimum atomic E-state index is -0.227. The zero-order chi connectivity index (χ0) is 28.2. The molecule has 4 amide bonds. The van der Waals surface area contributed by atoms with Crippen molar-refractivity contribution < 1.29 is 28.7 Å². The van der Waals surface area contributed by atoms with E-state index in [-0.39, 0.29) is 46.3 Å². The molecule has 2 saturated heterocycles. The lowest BCUT2D eigenvalue weighted by Crippen LogP contribution is -2.47. The molecular formula is C29H42N2O6S2. The summed E-state index contributed by atoms with van der Waals surface area (Å²) < 4.78 is 11.6. The average molecular weight is 579 g/mol. The third-order valence-electron chi connectivity index (χ3n) is 7.83. The predicted octanol–water partition coefficient (Wildman–Crippen LogP) is 4.25. The lowest BCUT2D eigenvalue weighted by Gasteiger charge is -2.34. The molecule has 2 atom stereocenters. The second-order valence-corrected chi connectivity index (χ2v) is 14.7. The molecule has 0 spiro atoms. The van der Waals surface area contributed by atoms with E-state index in [0.29, 0.717) is 39.5 Å². The highest BCUT2D eigenvalue weighted by molar-refractivity contribution is 8.03. The molecule has 0 radical (unpaired) electrons. The van der Waals surface area contributed by atoms with Gasteiger partial charge in [0.25, 0.3) is 11.8 Å². The quantitative estimate of drug-likeness (QED) is 0.223. The van der Waals surface area contributed by atoms with Gasteiger partial charge in [0.15, 0.2) is 0 Å². The van der Waals surface area contributed by atoms with E-state index in [4.69, 9.17) is 9.47 Å². The number of nitrogens with zero attached hydrogens (tertiary/aromatic N) is 2. The first-order chi connectivity index (χ1) is 18.5. The molecule has 4 rings (SSSR count). The van der Waals surface area contributed by atoms with E-state index in [1.807, 2.05) is 0 Å². The zero-order valence-corrected chi connectivity index (χ0v) is 25.3. The molecule has 0 bridgehead atoms. The van der Waals surface area contributed by atoms with Gasteiger partial charge in [-0.3, -0.25) is 29.0 Å². The molecule has 2 fully saturated rings. The normalized spacial score (nSPS) is 23.8. The molecule has 0 aromatic rings. The van der Waals surface area contributed by atoms with Crippen LogP contribution in [0.3, 0.4) is 0 Å². The van der Waals surface area contributed by atoms with Crippen molar-refractivity contribution in [1.82, 2.24) is 9.80 Å². The maximum absolute atomic E-state index is 12.8. The Labute approximate surface area is 240 Å². The molecule has 10 heteroatoms. The topological polar surface area (TPSA) is 93.2 Å². The number of fused-ring (bicyclic) bond motifs is 2. The molecule has 216 valence electrons. The molecule has 0 N–H and O–H groups in total. The van der Waals surface area contributed by atoms with Crippen LogP contribution in [0.15, 0.2) is 22.0 Å². The molecule has 8 nitrogen and oxygen atoms in total. The second-order valence-electron chi connectivity index (χ2n) is 12.4. The van der Waals surface area contributed by atoms with Gasteiger partial charge in [-0.2, -0.15) is 0 Å². The minimum absolute atomic E-state index is 0.0511. The van der Waals surface area contributed by atoms with E-state index in [9.17, 15) is 19.2 Å². The highest BCUT2D eigenvalue weighted by atomic mass is 32.2. The third kappa shape index (κ3) is 7.77. The van der Waals surface area contributed by atoms with Crippen molar-refractivity contribution in [1.29, 1.82) is 0 Å². The lowest BCUT2D eigenvalue weighted by atomic mass is 9.87. The van der Waals surface area contributed by atoms with Gasteiger partial charge in [0.1, 0.15) is 0 Å². The van der Waals surface area contributed by atoms with Gasteiger partial charge in [-0.25, -0.2) is 0 Å². The van der Waals surface area contributed by atoms with Gasteiger partial charge in [-0.05, 0) is 54.4 Å². The molecule has 0 aromatic heterocycles. The van der Waals surface area contributed by atoms with E-state index in [2.05, 4.69) is 27.7 Å². The highest BCUT2D eigenvalue weighted by Crippen LogP contribution is 2.41. The fraction of sp³-hybridized carbons (Fsp3) is 0.724. The number of amides is 4. The number of hydrogen-bond donors (Lipinski definition) is 0. The number of ether oxygens (including phenoxy) is 2. The van der Waals surface area contributed by atoms with Gasteiger partial charge in [0.05, 0.1) is 11.8 Å². The van der Waals surface area contributed by atoms with Crippen LogP contribution < -0.4 is 0 Å². The van der Waals surface area contributed by atoms with Crippen LogP contribution in [0.4, 0.5) is 0 Å². The first-order valence-corrected chi connectivity index (χ1v) is 16.0. The van der Waals surface area contributed by atoms with Crippen LogP contribution in [0.2, 0.25) is 0 Å². The van der Waals surface area contributed by atoms with Gasteiger partial charge < -0.3 is 9.47 Å². The summed E-state index contributed by atoms with van der Waals surface area (Å²) in [6, 6.07) is 0. The van der Waals surface area contributed by atoms with Crippen LogP contribution in [-0.2, 0) is 28.7 Å². The molecule has 0 aliphatic carbocycles.